The lowest BCUT2D eigenvalue weighted by atomic mass is 9.92. The Bertz CT molecular complexity index is 1260. The van der Waals surface area contributed by atoms with Gasteiger partial charge in [0.1, 0.15) is 11.5 Å². The molecule has 0 unspecified atom stereocenters. The van der Waals surface area contributed by atoms with E-state index in [4.69, 9.17) is 4.42 Å². The average molecular weight is 485 g/mol. The predicted octanol–water partition coefficient (Wildman–Crippen LogP) is 6.54. The number of carbonyl (C=O) groups excluding carboxylic acids is 2. The standard InChI is InChI=1S/C27H27F3N2O3/c1-26(2,3)15-24(33)31-21-9-5-6-17(13-21)23-14-19-16-32(11-10-22(19)35-23)25(34)18-7-4-8-20(12-18)27(28,29)30/h4-9,12-14H,10-11,15-16H2,1-3H3,(H,31,33). The second-order valence-electron chi connectivity index (χ2n) is 9.98. The zero-order valence-electron chi connectivity index (χ0n) is 19.8. The van der Waals surface area contributed by atoms with E-state index in [0.717, 1.165) is 29.0 Å². The third kappa shape index (κ3) is 5.93. The smallest absolute Gasteiger partial charge is 0.416 e. The Morgan fingerprint density at radius 2 is 1.77 bits per heavy atom. The lowest BCUT2D eigenvalue weighted by Gasteiger charge is -2.26. The molecule has 0 fully saturated rings. The van der Waals surface area contributed by atoms with E-state index in [2.05, 4.69) is 5.32 Å². The Morgan fingerprint density at radius 1 is 1.03 bits per heavy atom. The summed E-state index contributed by atoms with van der Waals surface area (Å²) in [6.07, 6.45) is -3.66. The van der Waals surface area contributed by atoms with Crippen molar-refractivity contribution in [3.63, 3.8) is 0 Å². The fourth-order valence-electron chi connectivity index (χ4n) is 4.10. The van der Waals surface area contributed by atoms with E-state index in [9.17, 15) is 22.8 Å². The molecule has 2 amide bonds. The highest BCUT2D eigenvalue weighted by atomic mass is 19.4. The van der Waals surface area contributed by atoms with Gasteiger partial charge in [0.15, 0.2) is 0 Å². The van der Waals surface area contributed by atoms with Crippen LogP contribution in [0.1, 0.15) is 54.4 Å². The first-order chi connectivity index (χ1) is 16.4. The summed E-state index contributed by atoms with van der Waals surface area (Å²) in [6, 6.07) is 13.7. The van der Waals surface area contributed by atoms with Crippen molar-refractivity contribution in [1.82, 2.24) is 4.90 Å². The minimum Gasteiger partial charge on any atom is -0.461 e. The maximum absolute atomic E-state index is 13.0. The summed E-state index contributed by atoms with van der Waals surface area (Å²) in [5.41, 5.74) is 1.29. The van der Waals surface area contributed by atoms with Gasteiger partial charge in [0.25, 0.3) is 5.91 Å². The number of benzene rings is 2. The lowest BCUT2D eigenvalue weighted by Crippen LogP contribution is -2.35. The average Bonchev–Trinajstić information content (AvgIpc) is 3.20. The van der Waals surface area contributed by atoms with Crippen LogP contribution < -0.4 is 5.32 Å². The summed E-state index contributed by atoms with van der Waals surface area (Å²) in [4.78, 5) is 26.7. The van der Waals surface area contributed by atoms with Gasteiger partial charge in [0.2, 0.25) is 5.91 Å². The minimum atomic E-state index is -4.51. The number of alkyl halides is 3. The molecule has 184 valence electrons. The summed E-state index contributed by atoms with van der Waals surface area (Å²) in [5.74, 6) is 0.829. The van der Waals surface area contributed by atoms with Gasteiger partial charge in [-0.2, -0.15) is 13.2 Å². The number of furan rings is 1. The molecule has 0 spiro atoms. The van der Waals surface area contributed by atoms with Gasteiger partial charge in [0.05, 0.1) is 5.56 Å². The van der Waals surface area contributed by atoms with E-state index in [1.165, 1.54) is 17.0 Å². The van der Waals surface area contributed by atoms with Crippen LogP contribution >= 0.6 is 0 Å². The van der Waals surface area contributed by atoms with Crippen molar-refractivity contribution in [2.75, 3.05) is 11.9 Å². The normalized spacial score (nSPS) is 13.9. The van der Waals surface area contributed by atoms with Crippen LogP contribution in [0.3, 0.4) is 0 Å². The zero-order chi connectivity index (χ0) is 25.4. The van der Waals surface area contributed by atoms with Crippen LogP contribution in [0.4, 0.5) is 18.9 Å². The number of nitrogens with zero attached hydrogens (tertiary/aromatic N) is 1. The Morgan fingerprint density at radius 3 is 2.49 bits per heavy atom. The highest BCUT2D eigenvalue weighted by Crippen LogP contribution is 2.33. The predicted molar refractivity (Wildman–Crippen MR) is 127 cm³/mol. The summed E-state index contributed by atoms with van der Waals surface area (Å²) in [5, 5.41) is 2.91. The Kier molecular flexibility index (Phi) is 6.49. The van der Waals surface area contributed by atoms with Gasteiger partial charge in [0, 0.05) is 48.3 Å². The van der Waals surface area contributed by atoms with E-state index in [1.807, 2.05) is 51.1 Å². The third-order valence-corrected chi connectivity index (χ3v) is 5.71. The summed E-state index contributed by atoms with van der Waals surface area (Å²) in [7, 11) is 0. The van der Waals surface area contributed by atoms with E-state index >= 15 is 0 Å². The van der Waals surface area contributed by atoms with Crippen LogP contribution in [0.25, 0.3) is 11.3 Å². The molecule has 0 saturated heterocycles. The van der Waals surface area contributed by atoms with E-state index in [-0.39, 0.29) is 23.4 Å². The third-order valence-electron chi connectivity index (χ3n) is 5.71. The molecular formula is C27H27F3N2O3. The fourth-order valence-corrected chi connectivity index (χ4v) is 4.10. The summed E-state index contributed by atoms with van der Waals surface area (Å²) in [6.45, 7) is 6.58. The van der Waals surface area contributed by atoms with Crippen molar-refractivity contribution >= 4 is 17.5 Å². The minimum absolute atomic E-state index is 0.00527. The van der Waals surface area contributed by atoms with Crippen LogP contribution in [0.15, 0.2) is 59.0 Å². The van der Waals surface area contributed by atoms with Crippen LogP contribution in [0.5, 0.6) is 0 Å². The Balaban J connectivity index is 1.49. The molecule has 1 N–H and O–H groups in total. The molecular weight excluding hydrogens is 457 g/mol. The second-order valence-corrected chi connectivity index (χ2v) is 9.98. The summed E-state index contributed by atoms with van der Waals surface area (Å²) < 4.78 is 45.2. The quantitative estimate of drug-likeness (QED) is 0.457. The van der Waals surface area contributed by atoms with Gasteiger partial charge < -0.3 is 14.6 Å². The number of hydrogen-bond donors (Lipinski definition) is 1. The maximum atomic E-state index is 13.0. The van der Waals surface area contributed by atoms with Crippen molar-refractivity contribution in [3.8, 4) is 11.3 Å². The number of carbonyl (C=O) groups is 2. The molecule has 5 nitrogen and oxygen atoms in total. The van der Waals surface area contributed by atoms with Crippen molar-refractivity contribution in [3.05, 3.63) is 77.0 Å². The number of fused-ring (bicyclic) bond motifs is 1. The molecule has 0 saturated carbocycles. The summed E-state index contributed by atoms with van der Waals surface area (Å²) >= 11 is 0. The van der Waals surface area contributed by atoms with Crippen LogP contribution in [0.2, 0.25) is 0 Å². The lowest BCUT2D eigenvalue weighted by molar-refractivity contribution is -0.137. The number of halogens is 3. The monoisotopic (exact) mass is 484 g/mol. The van der Waals surface area contributed by atoms with Crippen molar-refractivity contribution < 1.29 is 27.2 Å². The van der Waals surface area contributed by atoms with Gasteiger partial charge in [-0.15, -0.1) is 0 Å². The largest absolute Gasteiger partial charge is 0.461 e. The number of hydrogen-bond acceptors (Lipinski definition) is 3. The fraction of sp³-hybridized carbons (Fsp3) is 0.333. The molecule has 0 radical (unpaired) electrons. The van der Waals surface area contributed by atoms with Crippen LogP contribution in [-0.2, 0) is 23.9 Å². The molecule has 0 aliphatic carbocycles. The topological polar surface area (TPSA) is 62.6 Å². The van der Waals surface area contributed by atoms with Gasteiger partial charge in [-0.3, -0.25) is 9.59 Å². The molecule has 8 heteroatoms. The highest BCUT2D eigenvalue weighted by Gasteiger charge is 2.32. The molecule has 35 heavy (non-hydrogen) atoms. The first kappa shape index (κ1) is 24.6. The highest BCUT2D eigenvalue weighted by molar-refractivity contribution is 5.94. The SMILES string of the molecule is CC(C)(C)CC(=O)Nc1cccc(-c2cc3c(o2)CCN(C(=O)c2cccc(C(F)(F)F)c2)C3)c1. The first-order valence-corrected chi connectivity index (χ1v) is 11.4. The van der Waals surface area contributed by atoms with Crippen LogP contribution in [0, 0.1) is 5.41 Å². The molecule has 2 aromatic carbocycles. The Labute approximate surface area is 201 Å². The maximum Gasteiger partial charge on any atom is 0.416 e. The van der Waals surface area contributed by atoms with Gasteiger partial charge >= 0.3 is 6.18 Å². The van der Waals surface area contributed by atoms with Crippen molar-refractivity contribution in [1.29, 1.82) is 0 Å². The molecule has 1 aliphatic rings. The molecule has 0 atom stereocenters. The molecule has 3 aromatic rings. The van der Waals surface area contributed by atoms with Gasteiger partial charge in [-0.25, -0.2) is 0 Å². The van der Waals surface area contributed by atoms with Crippen LogP contribution in [-0.4, -0.2) is 23.3 Å². The number of nitrogens with one attached hydrogen (secondary N) is 1. The van der Waals surface area contributed by atoms with E-state index in [0.29, 0.717) is 30.8 Å². The van der Waals surface area contributed by atoms with Crippen molar-refractivity contribution in [2.45, 2.75) is 46.3 Å². The van der Waals surface area contributed by atoms with E-state index in [1.54, 1.807) is 0 Å². The zero-order valence-corrected chi connectivity index (χ0v) is 19.8. The second kappa shape index (κ2) is 9.24. The molecule has 4 rings (SSSR count). The molecule has 1 aromatic heterocycles. The van der Waals surface area contributed by atoms with Gasteiger partial charge in [-0.05, 0) is 41.8 Å². The first-order valence-electron chi connectivity index (χ1n) is 11.4. The molecule has 1 aliphatic heterocycles. The van der Waals surface area contributed by atoms with Crippen molar-refractivity contribution in [2.24, 2.45) is 5.41 Å². The number of rotatable bonds is 4. The molecule has 0 bridgehead atoms. The van der Waals surface area contributed by atoms with Gasteiger partial charge in [-0.1, -0.05) is 39.0 Å². The molecule has 2 heterocycles. The number of amides is 2. The number of anilines is 1. The van der Waals surface area contributed by atoms with E-state index < -0.39 is 17.6 Å². The Hall–Kier alpha value is -3.55.